The maximum absolute atomic E-state index is 6.10. The molecular weight excluding hydrogens is 270 g/mol. The molecule has 1 heterocycles. The van der Waals surface area contributed by atoms with E-state index < -0.39 is 0 Å². The summed E-state index contributed by atoms with van der Waals surface area (Å²) in [5.74, 6) is 0.932. The Bertz CT molecular complexity index is 382. The monoisotopic (exact) mass is 285 g/mol. The third-order valence-corrected chi connectivity index (χ3v) is 3.42. The van der Waals surface area contributed by atoms with Gasteiger partial charge in [-0.05, 0) is 31.0 Å². The van der Waals surface area contributed by atoms with Crippen molar-refractivity contribution in [2.75, 3.05) is 19.8 Å². The van der Waals surface area contributed by atoms with Crippen molar-refractivity contribution < 1.29 is 9.47 Å². The summed E-state index contributed by atoms with van der Waals surface area (Å²) >= 11 is 3.55. The van der Waals surface area contributed by atoms with E-state index in [0.29, 0.717) is 19.8 Å². The lowest BCUT2D eigenvalue weighted by Gasteiger charge is -2.17. The van der Waals surface area contributed by atoms with Crippen molar-refractivity contribution in [3.63, 3.8) is 0 Å². The summed E-state index contributed by atoms with van der Waals surface area (Å²) in [7, 11) is 0. The van der Waals surface area contributed by atoms with Crippen LogP contribution in [0.5, 0.6) is 5.75 Å². The lowest BCUT2D eigenvalue weighted by Crippen LogP contribution is -2.16. The Balaban J connectivity index is 2.48. The Hall–Kier alpha value is -0.580. The number of hydrogen-bond acceptors (Lipinski definition) is 3. The van der Waals surface area contributed by atoms with Gasteiger partial charge >= 0.3 is 0 Å². The van der Waals surface area contributed by atoms with Crippen LogP contribution in [-0.4, -0.2) is 19.8 Å². The van der Waals surface area contributed by atoms with Gasteiger partial charge in [-0.3, -0.25) is 0 Å². The van der Waals surface area contributed by atoms with E-state index in [4.69, 9.17) is 15.2 Å². The van der Waals surface area contributed by atoms with Gasteiger partial charge in [-0.25, -0.2) is 0 Å². The smallest absolute Gasteiger partial charge is 0.122 e. The fraction of sp³-hybridized carbons (Fsp3) is 0.500. The first kappa shape index (κ1) is 11.9. The molecule has 3 nitrogen and oxygen atoms in total. The van der Waals surface area contributed by atoms with Crippen molar-refractivity contribution in [3.05, 3.63) is 27.7 Å². The zero-order valence-corrected chi connectivity index (χ0v) is 10.9. The van der Waals surface area contributed by atoms with E-state index in [9.17, 15) is 0 Å². The summed E-state index contributed by atoms with van der Waals surface area (Å²) in [6.07, 6.45) is 0.859. The highest BCUT2D eigenvalue weighted by atomic mass is 79.9. The average Bonchev–Trinajstić information content (AvgIpc) is 2.46. The SMILES string of the molecule is CCOc1ccc(Br)c2c1CCOCC2N. The van der Waals surface area contributed by atoms with Gasteiger partial charge in [0.2, 0.25) is 0 Å². The highest BCUT2D eigenvalue weighted by Crippen LogP contribution is 2.34. The normalized spacial score (nSPS) is 20.1. The Labute approximate surface area is 104 Å². The number of benzene rings is 1. The highest BCUT2D eigenvalue weighted by Gasteiger charge is 2.21. The number of fused-ring (bicyclic) bond motifs is 1. The minimum absolute atomic E-state index is 0.0766. The summed E-state index contributed by atoms with van der Waals surface area (Å²) in [5.41, 5.74) is 8.41. The van der Waals surface area contributed by atoms with Crippen molar-refractivity contribution in [1.82, 2.24) is 0 Å². The molecule has 1 aliphatic heterocycles. The lowest BCUT2D eigenvalue weighted by atomic mass is 9.99. The highest BCUT2D eigenvalue weighted by molar-refractivity contribution is 9.10. The molecule has 1 aromatic carbocycles. The van der Waals surface area contributed by atoms with Gasteiger partial charge in [-0.1, -0.05) is 15.9 Å². The Morgan fingerprint density at radius 2 is 2.38 bits per heavy atom. The van der Waals surface area contributed by atoms with Gasteiger partial charge in [0.05, 0.1) is 25.9 Å². The number of halogens is 1. The molecule has 0 saturated carbocycles. The molecule has 16 heavy (non-hydrogen) atoms. The minimum atomic E-state index is -0.0766. The van der Waals surface area contributed by atoms with Gasteiger partial charge in [-0.15, -0.1) is 0 Å². The fourth-order valence-corrected chi connectivity index (χ4v) is 2.70. The largest absolute Gasteiger partial charge is 0.494 e. The fourth-order valence-electron chi connectivity index (χ4n) is 2.03. The lowest BCUT2D eigenvalue weighted by molar-refractivity contribution is 0.130. The van der Waals surface area contributed by atoms with Crippen LogP contribution in [-0.2, 0) is 11.2 Å². The molecule has 0 aliphatic carbocycles. The van der Waals surface area contributed by atoms with E-state index in [0.717, 1.165) is 22.2 Å². The van der Waals surface area contributed by atoms with Gasteiger partial charge in [0, 0.05) is 10.0 Å². The third kappa shape index (κ3) is 2.24. The van der Waals surface area contributed by atoms with Crippen molar-refractivity contribution in [2.45, 2.75) is 19.4 Å². The van der Waals surface area contributed by atoms with Crippen LogP contribution in [0.3, 0.4) is 0 Å². The van der Waals surface area contributed by atoms with Gasteiger partial charge in [0.1, 0.15) is 5.75 Å². The van der Waals surface area contributed by atoms with Crippen LogP contribution in [0.4, 0.5) is 0 Å². The van der Waals surface area contributed by atoms with Crippen LogP contribution >= 0.6 is 15.9 Å². The molecule has 0 amide bonds. The molecule has 1 aliphatic rings. The molecule has 1 unspecified atom stereocenters. The molecule has 0 saturated heterocycles. The molecule has 88 valence electrons. The van der Waals surface area contributed by atoms with Gasteiger partial charge < -0.3 is 15.2 Å². The van der Waals surface area contributed by atoms with E-state index in [2.05, 4.69) is 15.9 Å². The van der Waals surface area contributed by atoms with Crippen LogP contribution in [0.2, 0.25) is 0 Å². The molecule has 2 rings (SSSR count). The summed E-state index contributed by atoms with van der Waals surface area (Å²) in [4.78, 5) is 0. The predicted molar refractivity (Wildman–Crippen MR) is 66.8 cm³/mol. The second-order valence-corrected chi connectivity index (χ2v) is 4.66. The number of rotatable bonds is 2. The molecule has 1 aromatic rings. The van der Waals surface area contributed by atoms with Crippen molar-refractivity contribution in [1.29, 1.82) is 0 Å². The van der Waals surface area contributed by atoms with Gasteiger partial charge in [0.15, 0.2) is 0 Å². The third-order valence-electron chi connectivity index (χ3n) is 2.73. The molecule has 0 fully saturated rings. The van der Waals surface area contributed by atoms with Crippen molar-refractivity contribution >= 4 is 15.9 Å². The number of hydrogen-bond donors (Lipinski definition) is 1. The Morgan fingerprint density at radius 1 is 1.56 bits per heavy atom. The second kappa shape index (κ2) is 5.17. The standard InChI is InChI=1S/C12H16BrNO2/c1-2-16-11-4-3-9(13)12-8(11)5-6-15-7-10(12)14/h3-4,10H,2,5-7,14H2,1H3. The quantitative estimate of drug-likeness (QED) is 0.908. The minimum Gasteiger partial charge on any atom is -0.494 e. The summed E-state index contributed by atoms with van der Waals surface area (Å²) in [6, 6.07) is 3.91. The first-order chi connectivity index (χ1) is 7.74. The summed E-state index contributed by atoms with van der Waals surface area (Å²) < 4.78 is 12.2. The van der Waals surface area contributed by atoms with Gasteiger partial charge in [-0.2, -0.15) is 0 Å². The molecule has 0 radical (unpaired) electrons. The maximum atomic E-state index is 6.10. The van der Waals surface area contributed by atoms with Crippen molar-refractivity contribution in [2.24, 2.45) is 5.73 Å². The molecule has 2 N–H and O–H groups in total. The summed E-state index contributed by atoms with van der Waals surface area (Å²) in [6.45, 7) is 3.93. The summed E-state index contributed by atoms with van der Waals surface area (Å²) in [5, 5.41) is 0. The molecule has 0 spiro atoms. The molecular formula is C12H16BrNO2. The molecule has 4 heteroatoms. The maximum Gasteiger partial charge on any atom is 0.122 e. The predicted octanol–water partition coefficient (Wildman–Crippen LogP) is 2.42. The van der Waals surface area contributed by atoms with Crippen LogP contribution in [0.15, 0.2) is 16.6 Å². The first-order valence-electron chi connectivity index (χ1n) is 5.51. The zero-order chi connectivity index (χ0) is 11.5. The van der Waals surface area contributed by atoms with Crippen LogP contribution < -0.4 is 10.5 Å². The molecule has 0 aromatic heterocycles. The van der Waals surface area contributed by atoms with E-state index in [1.165, 1.54) is 5.56 Å². The molecule has 0 bridgehead atoms. The van der Waals surface area contributed by atoms with Crippen molar-refractivity contribution in [3.8, 4) is 5.75 Å². The first-order valence-corrected chi connectivity index (χ1v) is 6.30. The zero-order valence-electron chi connectivity index (χ0n) is 9.33. The van der Waals surface area contributed by atoms with E-state index in [1.807, 2.05) is 19.1 Å². The molecule has 1 atom stereocenters. The van der Waals surface area contributed by atoms with Crippen LogP contribution in [0.25, 0.3) is 0 Å². The topological polar surface area (TPSA) is 44.5 Å². The second-order valence-electron chi connectivity index (χ2n) is 3.80. The Kier molecular flexibility index (Phi) is 3.84. The van der Waals surface area contributed by atoms with Crippen LogP contribution in [0.1, 0.15) is 24.1 Å². The Morgan fingerprint density at radius 3 is 3.12 bits per heavy atom. The van der Waals surface area contributed by atoms with Gasteiger partial charge in [0.25, 0.3) is 0 Å². The van der Waals surface area contributed by atoms with E-state index >= 15 is 0 Å². The van der Waals surface area contributed by atoms with E-state index in [-0.39, 0.29) is 6.04 Å². The average molecular weight is 286 g/mol. The van der Waals surface area contributed by atoms with Crippen LogP contribution in [0, 0.1) is 0 Å². The number of nitrogens with two attached hydrogens (primary N) is 1. The number of ether oxygens (including phenoxy) is 2. The van der Waals surface area contributed by atoms with E-state index in [1.54, 1.807) is 0 Å².